The number of hydrogen-bond donors (Lipinski definition) is 4. The lowest BCUT2D eigenvalue weighted by Gasteiger charge is -2.40. The standard InChI is InChI=1S/C27H29Cl2NO9/c1-4-5-9-20(32)30-16-8-6-7-15(10-16)13-37-24-18(28)11-17(14(2)21(24)29)26(35)39-25-22(33)19(12-31)38-27(36-3)23(25)34/h1,6-8,10-11,19,22-23,25,27,31,33-34H,5,9,12-13H2,2-3H3,(H,30,32)/t19-,22-,23-,25+,27+/m1/s1. The molecule has 0 aliphatic carbocycles. The maximum atomic E-state index is 13.0. The van der Waals surface area contributed by atoms with Gasteiger partial charge in [-0.05, 0) is 36.2 Å². The van der Waals surface area contributed by atoms with Crippen molar-refractivity contribution in [3.8, 4) is 18.1 Å². The molecule has 0 aromatic heterocycles. The fraction of sp³-hybridized carbons (Fsp3) is 0.407. The summed E-state index contributed by atoms with van der Waals surface area (Å²) in [4.78, 5) is 24.9. The molecule has 2 aromatic rings. The fourth-order valence-corrected chi connectivity index (χ4v) is 4.48. The van der Waals surface area contributed by atoms with Crippen molar-refractivity contribution >= 4 is 40.8 Å². The van der Waals surface area contributed by atoms with Gasteiger partial charge >= 0.3 is 5.97 Å². The summed E-state index contributed by atoms with van der Waals surface area (Å²) in [6.45, 7) is 1.02. The van der Waals surface area contributed by atoms with Gasteiger partial charge in [0.25, 0.3) is 0 Å². The molecule has 2 aromatic carbocycles. The Bertz CT molecular complexity index is 1220. The van der Waals surface area contributed by atoms with Crippen molar-refractivity contribution < 1.29 is 43.9 Å². The summed E-state index contributed by atoms with van der Waals surface area (Å²) in [5.41, 5.74) is 1.55. The number of halogens is 2. The first-order valence-electron chi connectivity index (χ1n) is 11.9. The minimum Gasteiger partial charge on any atom is -0.486 e. The van der Waals surface area contributed by atoms with Crippen LogP contribution in [0, 0.1) is 19.3 Å². The highest BCUT2D eigenvalue weighted by molar-refractivity contribution is 6.38. The number of terminal acetylenes is 1. The first-order valence-corrected chi connectivity index (χ1v) is 12.7. The zero-order valence-electron chi connectivity index (χ0n) is 21.2. The van der Waals surface area contributed by atoms with Crippen LogP contribution < -0.4 is 10.1 Å². The Hall–Kier alpha value is -2.88. The minimum atomic E-state index is -1.52. The van der Waals surface area contributed by atoms with Crippen molar-refractivity contribution in [2.24, 2.45) is 0 Å². The molecule has 0 spiro atoms. The summed E-state index contributed by atoms with van der Waals surface area (Å²) in [6, 6.07) is 8.29. The molecular formula is C27H29Cl2NO9. The lowest BCUT2D eigenvalue weighted by atomic mass is 9.98. The SMILES string of the molecule is C#CCCC(=O)Nc1cccc(COc2c(Cl)cc(C(=O)O[C@@H]3[C@@H](O)[C@@H](OC)O[C@H](CO)[C@H]3O)c(C)c2Cl)c1. The van der Waals surface area contributed by atoms with Crippen LogP contribution in [-0.4, -0.2) is 71.6 Å². The maximum absolute atomic E-state index is 13.0. The molecule has 10 nitrogen and oxygen atoms in total. The van der Waals surface area contributed by atoms with Crippen LogP contribution in [0.5, 0.6) is 5.75 Å². The number of amides is 1. The van der Waals surface area contributed by atoms with E-state index in [9.17, 15) is 24.9 Å². The summed E-state index contributed by atoms with van der Waals surface area (Å²) in [5, 5.41) is 33.2. The molecule has 39 heavy (non-hydrogen) atoms. The molecule has 1 saturated heterocycles. The van der Waals surface area contributed by atoms with Crippen LogP contribution >= 0.6 is 23.2 Å². The molecule has 0 unspecified atom stereocenters. The van der Waals surface area contributed by atoms with E-state index in [0.29, 0.717) is 17.7 Å². The van der Waals surface area contributed by atoms with E-state index in [4.69, 9.17) is 48.6 Å². The Kier molecular flexibility index (Phi) is 11.0. The number of nitrogens with one attached hydrogen (secondary N) is 1. The maximum Gasteiger partial charge on any atom is 0.338 e. The molecule has 1 heterocycles. The van der Waals surface area contributed by atoms with Gasteiger partial charge in [-0.15, -0.1) is 12.3 Å². The molecule has 210 valence electrons. The van der Waals surface area contributed by atoms with Gasteiger partial charge in [-0.3, -0.25) is 4.79 Å². The predicted octanol–water partition coefficient (Wildman–Crippen LogP) is 2.84. The van der Waals surface area contributed by atoms with Gasteiger partial charge in [0.05, 0.1) is 22.2 Å². The lowest BCUT2D eigenvalue weighted by molar-refractivity contribution is -0.293. The third-order valence-electron chi connectivity index (χ3n) is 6.03. The summed E-state index contributed by atoms with van der Waals surface area (Å²) >= 11 is 12.9. The second-order valence-electron chi connectivity index (χ2n) is 8.73. The van der Waals surface area contributed by atoms with Crippen molar-refractivity contribution in [3.63, 3.8) is 0 Å². The van der Waals surface area contributed by atoms with Gasteiger partial charge < -0.3 is 39.6 Å². The van der Waals surface area contributed by atoms with Crippen LogP contribution in [0.2, 0.25) is 10.0 Å². The molecule has 5 atom stereocenters. The molecule has 3 rings (SSSR count). The summed E-state index contributed by atoms with van der Waals surface area (Å²) in [7, 11) is 1.26. The number of anilines is 1. The highest BCUT2D eigenvalue weighted by atomic mass is 35.5. The molecule has 4 N–H and O–H groups in total. The van der Waals surface area contributed by atoms with Gasteiger partial charge in [0.2, 0.25) is 5.91 Å². The van der Waals surface area contributed by atoms with Crippen LogP contribution in [0.4, 0.5) is 5.69 Å². The Morgan fingerprint density at radius 2 is 1.95 bits per heavy atom. The quantitative estimate of drug-likeness (QED) is 0.246. The van der Waals surface area contributed by atoms with Crippen LogP contribution in [0.25, 0.3) is 0 Å². The van der Waals surface area contributed by atoms with Gasteiger partial charge in [-0.2, -0.15) is 0 Å². The average molecular weight is 582 g/mol. The lowest BCUT2D eigenvalue weighted by Crippen LogP contribution is -2.60. The topological polar surface area (TPSA) is 144 Å². The Morgan fingerprint density at radius 3 is 2.62 bits per heavy atom. The number of benzene rings is 2. The predicted molar refractivity (Wildman–Crippen MR) is 143 cm³/mol. The minimum absolute atomic E-state index is 0.0190. The van der Waals surface area contributed by atoms with Gasteiger partial charge in [0.15, 0.2) is 18.1 Å². The van der Waals surface area contributed by atoms with E-state index in [1.165, 1.54) is 13.2 Å². The van der Waals surface area contributed by atoms with Crippen LogP contribution in [0.1, 0.15) is 34.3 Å². The van der Waals surface area contributed by atoms with Gasteiger partial charge in [0.1, 0.15) is 24.9 Å². The third-order valence-corrected chi connectivity index (χ3v) is 6.76. The number of carbonyl (C=O) groups excluding carboxylic acids is 2. The Balaban J connectivity index is 1.73. The van der Waals surface area contributed by atoms with E-state index < -0.39 is 43.3 Å². The molecule has 0 bridgehead atoms. The van der Waals surface area contributed by atoms with Gasteiger partial charge in [0, 0.05) is 25.6 Å². The van der Waals surface area contributed by atoms with Crippen molar-refractivity contribution in [1.29, 1.82) is 0 Å². The largest absolute Gasteiger partial charge is 0.486 e. The molecular weight excluding hydrogens is 553 g/mol. The highest BCUT2D eigenvalue weighted by Crippen LogP contribution is 2.39. The van der Waals surface area contributed by atoms with Crippen LogP contribution in [-0.2, 0) is 25.6 Å². The van der Waals surface area contributed by atoms with Crippen molar-refractivity contribution in [2.75, 3.05) is 19.0 Å². The fourth-order valence-electron chi connectivity index (χ4n) is 3.92. The van der Waals surface area contributed by atoms with Crippen molar-refractivity contribution in [3.05, 3.63) is 57.1 Å². The monoisotopic (exact) mass is 581 g/mol. The summed E-state index contributed by atoms with van der Waals surface area (Å²) in [6.07, 6.45) is -1.15. The van der Waals surface area contributed by atoms with Gasteiger partial charge in [-0.1, -0.05) is 35.3 Å². The number of ether oxygens (including phenoxy) is 4. The molecule has 0 radical (unpaired) electrons. The van der Waals surface area contributed by atoms with E-state index in [0.717, 1.165) is 0 Å². The number of methoxy groups -OCH3 is 1. The number of rotatable bonds is 10. The smallest absolute Gasteiger partial charge is 0.338 e. The second-order valence-corrected chi connectivity index (χ2v) is 9.51. The molecule has 1 amide bonds. The van der Waals surface area contributed by atoms with E-state index >= 15 is 0 Å². The first-order chi connectivity index (χ1) is 18.6. The highest BCUT2D eigenvalue weighted by Gasteiger charge is 2.47. The zero-order chi connectivity index (χ0) is 28.7. The number of aliphatic hydroxyl groups excluding tert-OH is 3. The number of carbonyl (C=O) groups is 2. The molecule has 1 fully saturated rings. The first kappa shape index (κ1) is 30.7. The average Bonchev–Trinajstić information content (AvgIpc) is 2.92. The van der Waals surface area contributed by atoms with E-state index in [1.54, 1.807) is 31.2 Å². The molecule has 1 aliphatic rings. The van der Waals surface area contributed by atoms with Crippen molar-refractivity contribution in [2.45, 2.75) is 57.1 Å². The van der Waals surface area contributed by atoms with Gasteiger partial charge in [-0.25, -0.2) is 4.79 Å². The third kappa shape index (κ3) is 7.41. The van der Waals surface area contributed by atoms with Crippen LogP contribution in [0.15, 0.2) is 30.3 Å². The zero-order valence-corrected chi connectivity index (χ0v) is 22.7. The van der Waals surface area contributed by atoms with E-state index in [1.807, 2.05) is 0 Å². The summed E-state index contributed by atoms with van der Waals surface area (Å²) in [5.74, 6) is 1.41. The summed E-state index contributed by atoms with van der Waals surface area (Å²) < 4.78 is 21.5. The molecule has 12 heteroatoms. The number of aliphatic hydroxyl groups is 3. The second kappa shape index (κ2) is 14.0. The van der Waals surface area contributed by atoms with Crippen LogP contribution in [0.3, 0.4) is 0 Å². The van der Waals surface area contributed by atoms with E-state index in [2.05, 4.69) is 11.2 Å². The van der Waals surface area contributed by atoms with Crippen molar-refractivity contribution in [1.82, 2.24) is 0 Å². The Morgan fingerprint density at radius 1 is 1.21 bits per heavy atom. The number of hydrogen-bond acceptors (Lipinski definition) is 9. The normalized spacial score (nSPS) is 22.6. The number of esters is 1. The Labute approximate surface area is 235 Å². The molecule has 0 saturated carbocycles. The van der Waals surface area contributed by atoms with E-state index in [-0.39, 0.29) is 45.9 Å². The molecule has 1 aliphatic heterocycles.